The van der Waals surface area contributed by atoms with Crippen LogP contribution in [0.1, 0.15) is 25.7 Å². The lowest BCUT2D eigenvalue weighted by Crippen LogP contribution is -2.46. The first-order chi connectivity index (χ1) is 7.80. The van der Waals surface area contributed by atoms with Gasteiger partial charge < -0.3 is 10.6 Å². The maximum atomic E-state index is 5.94. The third kappa shape index (κ3) is 1.92. The van der Waals surface area contributed by atoms with Crippen LogP contribution < -0.4 is 5.73 Å². The zero-order chi connectivity index (χ0) is 11.0. The second-order valence-corrected chi connectivity index (χ2v) is 6.64. The van der Waals surface area contributed by atoms with Crippen molar-refractivity contribution in [3.05, 3.63) is 0 Å². The SMILES string of the molecule is NC(=NCC1CC12CCSCC2)N1CCC1. The van der Waals surface area contributed by atoms with Crippen molar-refractivity contribution in [1.29, 1.82) is 0 Å². The van der Waals surface area contributed by atoms with Crippen molar-refractivity contribution in [2.45, 2.75) is 25.7 Å². The quantitative estimate of drug-likeness (QED) is 0.587. The summed E-state index contributed by atoms with van der Waals surface area (Å²) in [6.07, 6.45) is 5.52. The zero-order valence-corrected chi connectivity index (χ0v) is 10.6. The highest BCUT2D eigenvalue weighted by Gasteiger charge is 2.53. The Balaban J connectivity index is 1.49. The summed E-state index contributed by atoms with van der Waals surface area (Å²) in [5.41, 5.74) is 6.63. The smallest absolute Gasteiger partial charge is 0.191 e. The summed E-state index contributed by atoms with van der Waals surface area (Å²) >= 11 is 2.11. The van der Waals surface area contributed by atoms with Crippen LogP contribution in [0.5, 0.6) is 0 Å². The highest BCUT2D eigenvalue weighted by atomic mass is 32.2. The zero-order valence-electron chi connectivity index (χ0n) is 9.82. The molecule has 0 amide bonds. The predicted octanol–water partition coefficient (Wildman–Crippen LogP) is 1.54. The van der Waals surface area contributed by atoms with E-state index in [0.717, 1.165) is 31.5 Å². The Kier molecular flexibility index (Phi) is 2.78. The maximum Gasteiger partial charge on any atom is 0.191 e. The van der Waals surface area contributed by atoms with Crippen molar-refractivity contribution in [2.24, 2.45) is 22.1 Å². The Morgan fingerprint density at radius 3 is 2.75 bits per heavy atom. The van der Waals surface area contributed by atoms with Gasteiger partial charge in [0.1, 0.15) is 0 Å². The molecule has 3 aliphatic rings. The summed E-state index contributed by atoms with van der Waals surface area (Å²) in [6.45, 7) is 3.20. The highest BCUT2D eigenvalue weighted by molar-refractivity contribution is 7.99. The van der Waals surface area contributed by atoms with Crippen molar-refractivity contribution in [1.82, 2.24) is 4.90 Å². The van der Waals surface area contributed by atoms with Crippen molar-refractivity contribution in [3.8, 4) is 0 Å². The van der Waals surface area contributed by atoms with E-state index in [-0.39, 0.29) is 0 Å². The van der Waals surface area contributed by atoms with E-state index in [1.54, 1.807) is 0 Å². The largest absolute Gasteiger partial charge is 0.370 e. The molecule has 3 nitrogen and oxygen atoms in total. The molecule has 2 aliphatic heterocycles. The fourth-order valence-corrected chi connectivity index (χ4v) is 4.24. The maximum absolute atomic E-state index is 5.94. The van der Waals surface area contributed by atoms with Gasteiger partial charge in [-0.2, -0.15) is 11.8 Å². The van der Waals surface area contributed by atoms with Crippen molar-refractivity contribution in [3.63, 3.8) is 0 Å². The highest BCUT2D eigenvalue weighted by Crippen LogP contribution is 2.60. The van der Waals surface area contributed by atoms with Crippen LogP contribution in [0.3, 0.4) is 0 Å². The van der Waals surface area contributed by atoms with Crippen molar-refractivity contribution < 1.29 is 0 Å². The third-order valence-electron chi connectivity index (χ3n) is 4.50. The molecule has 3 rings (SSSR count). The molecule has 1 aliphatic carbocycles. The Hall–Kier alpha value is -0.380. The summed E-state index contributed by atoms with van der Waals surface area (Å²) in [7, 11) is 0. The summed E-state index contributed by atoms with van der Waals surface area (Å²) in [6, 6.07) is 0. The first-order valence-corrected chi connectivity index (χ1v) is 7.58. The molecule has 0 aromatic carbocycles. The number of thioether (sulfide) groups is 1. The number of rotatable bonds is 2. The molecule has 2 saturated heterocycles. The van der Waals surface area contributed by atoms with Crippen LogP contribution in [0.15, 0.2) is 4.99 Å². The first kappa shape index (κ1) is 10.8. The van der Waals surface area contributed by atoms with Crippen LogP contribution in [0.2, 0.25) is 0 Å². The Morgan fingerprint density at radius 2 is 2.12 bits per heavy atom. The van der Waals surface area contributed by atoms with Crippen LogP contribution in [-0.2, 0) is 0 Å². The topological polar surface area (TPSA) is 41.6 Å². The first-order valence-electron chi connectivity index (χ1n) is 6.43. The molecule has 0 aromatic heterocycles. The van der Waals surface area contributed by atoms with Gasteiger partial charge in [-0.1, -0.05) is 0 Å². The van der Waals surface area contributed by atoms with E-state index >= 15 is 0 Å². The number of aliphatic imine (C=N–C) groups is 1. The van der Waals surface area contributed by atoms with E-state index < -0.39 is 0 Å². The molecule has 3 fully saturated rings. The number of nitrogens with two attached hydrogens (primary N) is 1. The lowest BCUT2D eigenvalue weighted by Gasteiger charge is -2.31. The van der Waals surface area contributed by atoms with E-state index in [2.05, 4.69) is 21.7 Å². The number of guanidine groups is 1. The number of nitrogens with zero attached hydrogens (tertiary/aromatic N) is 2. The second kappa shape index (κ2) is 4.13. The van der Waals surface area contributed by atoms with Crippen LogP contribution in [0, 0.1) is 11.3 Å². The molecule has 90 valence electrons. The fraction of sp³-hybridized carbons (Fsp3) is 0.917. The predicted molar refractivity (Wildman–Crippen MR) is 69.8 cm³/mol. The van der Waals surface area contributed by atoms with E-state index in [0.29, 0.717) is 5.41 Å². The summed E-state index contributed by atoms with van der Waals surface area (Å²) in [4.78, 5) is 6.76. The monoisotopic (exact) mass is 239 g/mol. The molecule has 1 unspecified atom stereocenters. The van der Waals surface area contributed by atoms with Gasteiger partial charge in [0, 0.05) is 19.6 Å². The van der Waals surface area contributed by atoms with E-state index in [9.17, 15) is 0 Å². The number of hydrogen-bond acceptors (Lipinski definition) is 2. The fourth-order valence-electron chi connectivity index (χ4n) is 2.93. The molecule has 4 heteroatoms. The summed E-state index contributed by atoms with van der Waals surface area (Å²) in [5, 5.41) is 0. The standard InChI is InChI=1S/C12H21N3S/c13-11(15-4-1-5-15)14-9-10-8-12(10)2-6-16-7-3-12/h10H,1-9H2,(H2,13,14). The van der Waals surface area contributed by atoms with E-state index in [4.69, 9.17) is 5.73 Å². The van der Waals surface area contributed by atoms with Gasteiger partial charge in [0.15, 0.2) is 5.96 Å². The van der Waals surface area contributed by atoms with Crippen LogP contribution in [0.4, 0.5) is 0 Å². The van der Waals surface area contributed by atoms with Gasteiger partial charge in [-0.05, 0) is 48.5 Å². The lowest BCUT2D eigenvalue weighted by molar-refractivity contribution is 0.295. The summed E-state index contributed by atoms with van der Waals surface area (Å²) < 4.78 is 0. The summed E-state index contributed by atoms with van der Waals surface area (Å²) in [5.74, 6) is 4.36. The van der Waals surface area contributed by atoms with Crippen LogP contribution >= 0.6 is 11.8 Å². The molecule has 1 saturated carbocycles. The molecule has 1 spiro atoms. The van der Waals surface area contributed by atoms with Crippen LogP contribution in [0.25, 0.3) is 0 Å². The van der Waals surface area contributed by atoms with Gasteiger partial charge in [-0.15, -0.1) is 0 Å². The number of likely N-dealkylation sites (tertiary alicyclic amines) is 1. The Labute approximate surface area is 102 Å². The average molecular weight is 239 g/mol. The molecule has 2 heterocycles. The Bertz CT molecular complexity index is 293. The van der Waals surface area contributed by atoms with Gasteiger partial charge in [-0.25, -0.2) is 0 Å². The van der Waals surface area contributed by atoms with Gasteiger partial charge in [0.05, 0.1) is 0 Å². The van der Waals surface area contributed by atoms with Gasteiger partial charge in [0.2, 0.25) is 0 Å². The minimum atomic E-state index is 0.685. The minimum absolute atomic E-state index is 0.685. The molecule has 0 bridgehead atoms. The van der Waals surface area contributed by atoms with Crippen molar-refractivity contribution in [2.75, 3.05) is 31.1 Å². The molecule has 2 N–H and O–H groups in total. The van der Waals surface area contributed by atoms with Gasteiger partial charge in [-0.3, -0.25) is 4.99 Å². The Morgan fingerprint density at radius 1 is 1.38 bits per heavy atom. The molecular weight excluding hydrogens is 218 g/mol. The van der Waals surface area contributed by atoms with E-state index in [1.165, 1.54) is 37.2 Å². The number of hydrogen-bond donors (Lipinski definition) is 1. The normalized spacial score (nSPS) is 32.6. The minimum Gasteiger partial charge on any atom is -0.370 e. The van der Waals surface area contributed by atoms with E-state index in [1.807, 2.05) is 0 Å². The third-order valence-corrected chi connectivity index (χ3v) is 5.49. The molecule has 0 radical (unpaired) electrons. The second-order valence-electron chi connectivity index (χ2n) is 5.42. The van der Waals surface area contributed by atoms with Crippen molar-refractivity contribution >= 4 is 17.7 Å². The van der Waals surface area contributed by atoms with Gasteiger partial charge >= 0.3 is 0 Å². The lowest BCUT2D eigenvalue weighted by atomic mass is 9.96. The van der Waals surface area contributed by atoms with Gasteiger partial charge in [0.25, 0.3) is 0 Å². The molecular formula is C12H21N3S. The average Bonchev–Trinajstić information content (AvgIpc) is 2.87. The molecule has 0 aromatic rings. The van der Waals surface area contributed by atoms with Crippen LogP contribution in [-0.4, -0.2) is 42.0 Å². The molecule has 1 atom stereocenters. The molecule has 16 heavy (non-hydrogen) atoms.